The van der Waals surface area contributed by atoms with Gasteiger partial charge in [-0.15, -0.1) is 0 Å². The number of fused-ring (bicyclic) bond motifs is 9. The minimum atomic E-state index is -0.287. The largest absolute Gasteiger partial charge is 0.456 e. The Morgan fingerprint density at radius 3 is 1.65 bits per heavy atom. The first-order valence-corrected chi connectivity index (χ1v) is 19.3. The van der Waals surface area contributed by atoms with Gasteiger partial charge in [0.1, 0.15) is 11.2 Å². The summed E-state index contributed by atoms with van der Waals surface area (Å²) in [4.78, 5) is 2.60. The van der Waals surface area contributed by atoms with Gasteiger partial charge in [0.2, 0.25) is 0 Å². The SMILES string of the molecule is CC(C)(C)c1c2c(c(N(c3ccc4c(c3)oc3ccccc34)c3ccccc3-c3ccccc3)c3c1-c1ccccc1C3(C)C)C(C)(C)c1ccccc1-2. The summed E-state index contributed by atoms with van der Waals surface area (Å²) < 4.78 is 6.64. The van der Waals surface area contributed by atoms with Gasteiger partial charge in [0.25, 0.3) is 0 Å². The minimum absolute atomic E-state index is 0.131. The van der Waals surface area contributed by atoms with Gasteiger partial charge in [-0.1, -0.05) is 164 Å². The van der Waals surface area contributed by atoms with Crippen LogP contribution in [0.5, 0.6) is 0 Å². The first-order valence-electron chi connectivity index (χ1n) is 19.3. The Balaban J connectivity index is 1.43. The summed E-state index contributed by atoms with van der Waals surface area (Å²) in [5, 5.41) is 2.27. The third kappa shape index (κ3) is 4.46. The molecule has 0 radical (unpaired) electrons. The summed E-state index contributed by atoms with van der Waals surface area (Å²) in [6.45, 7) is 17.0. The molecule has 0 saturated carbocycles. The molecule has 2 aliphatic carbocycles. The Bertz CT molecular complexity index is 2720. The number of rotatable bonds is 4. The zero-order valence-electron chi connectivity index (χ0n) is 32.2. The van der Waals surface area contributed by atoms with Crippen molar-refractivity contribution >= 4 is 39.0 Å². The molecule has 8 aromatic rings. The molecule has 0 spiro atoms. The number of furan rings is 1. The van der Waals surface area contributed by atoms with Gasteiger partial charge < -0.3 is 9.32 Å². The lowest BCUT2D eigenvalue weighted by Gasteiger charge is -2.40. The summed E-state index contributed by atoms with van der Waals surface area (Å²) in [7, 11) is 0. The molecule has 54 heavy (non-hydrogen) atoms. The highest BCUT2D eigenvalue weighted by molar-refractivity contribution is 6.08. The van der Waals surface area contributed by atoms with E-state index in [4.69, 9.17) is 4.42 Å². The zero-order chi connectivity index (χ0) is 37.1. The lowest BCUT2D eigenvalue weighted by molar-refractivity contribution is 0.587. The van der Waals surface area contributed by atoms with E-state index in [1.807, 2.05) is 0 Å². The number of hydrogen-bond donors (Lipinski definition) is 0. The fourth-order valence-corrected chi connectivity index (χ4v) is 10.0. The van der Waals surface area contributed by atoms with Crippen LogP contribution in [0.4, 0.5) is 17.1 Å². The van der Waals surface area contributed by atoms with Crippen LogP contribution in [0, 0.1) is 0 Å². The quantitative estimate of drug-likeness (QED) is 0.182. The molecule has 2 nitrogen and oxygen atoms in total. The first kappa shape index (κ1) is 32.8. The van der Waals surface area contributed by atoms with Gasteiger partial charge in [0.15, 0.2) is 0 Å². The molecule has 0 aliphatic heterocycles. The fraction of sp³-hybridized carbons (Fsp3) is 0.192. The van der Waals surface area contributed by atoms with Crippen LogP contribution < -0.4 is 4.90 Å². The average Bonchev–Trinajstić information content (AvgIpc) is 3.74. The molecule has 2 aliphatic rings. The van der Waals surface area contributed by atoms with Crippen LogP contribution >= 0.6 is 0 Å². The topological polar surface area (TPSA) is 16.4 Å². The maximum atomic E-state index is 6.64. The summed E-state index contributed by atoms with van der Waals surface area (Å²) >= 11 is 0. The molecule has 264 valence electrons. The Labute approximate surface area is 318 Å². The van der Waals surface area contributed by atoms with Gasteiger partial charge in [-0.25, -0.2) is 0 Å². The Hall–Kier alpha value is -5.86. The van der Waals surface area contributed by atoms with Crippen molar-refractivity contribution in [2.24, 2.45) is 0 Å². The fourth-order valence-electron chi connectivity index (χ4n) is 10.0. The van der Waals surface area contributed by atoms with Crippen LogP contribution in [-0.2, 0) is 16.2 Å². The number of anilines is 3. The predicted molar refractivity (Wildman–Crippen MR) is 228 cm³/mol. The number of nitrogens with zero attached hydrogens (tertiary/aromatic N) is 1. The number of hydrogen-bond acceptors (Lipinski definition) is 2. The van der Waals surface area contributed by atoms with E-state index in [2.05, 4.69) is 199 Å². The molecule has 1 heterocycles. The van der Waals surface area contributed by atoms with E-state index < -0.39 is 0 Å². The van der Waals surface area contributed by atoms with Crippen molar-refractivity contribution in [3.05, 3.63) is 173 Å². The lowest BCUT2D eigenvalue weighted by Crippen LogP contribution is -2.28. The second-order valence-electron chi connectivity index (χ2n) is 17.3. The Kier molecular flexibility index (Phi) is 6.87. The summed E-state index contributed by atoms with van der Waals surface area (Å²) in [5.41, 5.74) is 19.4. The van der Waals surface area contributed by atoms with Crippen molar-refractivity contribution in [3.8, 4) is 33.4 Å². The van der Waals surface area contributed by atoms with Crippen LogP contribution in [0.25, 0.3) is 55.3 Å². The number of para-hydroxylation sites is 2. The molecule has 1 aromatic heterocycles. The lowest BCUT2D eigenvalue weighted by atomic mass is 9.70. The molecule has 10 rings (SSSR count). The van der Waals surface area contributed by atoms with Gasteiger partial charge >= 0.3 is 0 Å². The molecule has 0 fully saturated rings. The van der Waals surface area contributed by atoms with Crippen LogP contribution in [-0.4, -0.2) is 0 Å². The highest BCUT2D eigenvalue weighted by Crippen LogP contribution is 2.66. The van der Waals surface area contributed by atoms with Crippen molar-refractivity contribution in [1.29, 1.82) is 0 Å². The Morgan fingerprint density at radius 1 is 0.500 bits per heavy atom. The van der Waals surface area contributed by atoms with Crippen molar-refractivity contribution in [3.63, 3.8) is 0 Å². The monoisotopic (exact) mass is 699 g/mol. The molecule has 7 aromatic carbocycles. The average molecular weight is 700 g/mol. The summed E-state index contributed by atoms with van der Waals surface area (Å²) in [6.07, 6.45) is 0. The normalized spacial score (nSPS) is 14.9. The third-order valence-electron chi connectivity index (χ3n) is 12.3. The van der Waals surface area contributed by atoms with Gasteiger partial charge in [-0.2, -0.15) is 0 Å². The van der Waals surface area contributed by atoms with Crippen molar-refractivity contribution < 1.29 is 4.42 Å². The molecule has 0 unspecified atom stereocenters. The zero-order valence-corrected chi connectivity index (χ0v) is 32.2. The van der Waals surface area contributed by atoms with Crippen LogP contribution in [0.2, 0.25) is 0 Å². The number of benzene rings is 7. The van der Waals surface area contributed by atoms with Crippen molar-refractivity contribution in [1.82, 2.24) is 0 Å². The molecule has 0 N–H and O–H groups in total. The predicted octanol–water partition coefficient (Wildman–Crippen LogP) is 14.6. The molecular weight excluding hydrogens is 655 g/mol. The van der Waals surface area contributed by atoms with Crippen LogP contribution in [0.3, 0.4) is 0 Å². The summed E-state index contributed by atoms with van der Waals surface area (Å²) in [5.74, 6) is 0. The molecular formula is C52H45NO. The molecule has 0 amide bonds. The molecule has 2 heteroatoms. The van der Waals surface area contributed by atoms with E-state index in [1.165, 1.54) is 66.9 Å². The summed E-state index contributed by atoms with van der Waals surface area (Å²) in [6, 6.07) is 53.4. The maximum Gasteiger partial charge on any atom is 0.137 e. The van der Waals surface area contributed by atoms with Gasteiger partial charge in [0, 0.05) is 38.9 Å². The van der Waals surface area contributed by atoms with E-state index in [0.29, 0.717) is 0 Å². The van der Waals surface area contributed by atoms with Crippen molar-refractivity contribution in [2.75, 3.05) is 4.90 Å². The molecule has 0 bridgehead atoms. The van der Waals surface area contributed by atoms with Crippen LogP contribution in [0.15, 0.2) is 150 Å². The van der Waals surface area contributed by atoms with Crippen LogP contribution in [0.1, 0.15) is 76.3 Å². The van der Waals surface area contributed by atoms with Gasteiger partial charge in [-0.05, 0) is 85.3 Å². The van der Waals surface area contributed by atoms with E-state index >= 15 is 0 Å². The molecule has 0 saturated heterocycles. The van der Waals surface area contributed by atoms with E-state index in [0.717, 1.165) is 33.3 Å². The van der Waals surface area contributed by atoms with E-state index in [-0.39, 0.29) is 16.2 Å². The maximum absolute atomic E-state index is 6.64. The van der Waals surface area contributed by atoms with Crippen molar-refractivity contribution in [2.45, 2.75) is 64.7 Å². The van der Waals surface area contributed by atoms with Gasteiger partial charge in [0.05, 0.1) is 11.4 Å². The van der Waals surface area contributed by atoms with Gasteiger partial charge in [-0.3, -0.25) is 0 Å². The third-order valence-corrected chi connectivity index (χ3v) is 12.3. The standard InChI is InChI=1S/C52H45NO/c1-50(2,3)46-44-37-23-11-15-25-39(37)51(4,5)47(44)49(48-45(46)38-24-12-16-26-40(38)52(48,6)7)53(41-27-17-13-21-34(41)32-19-9-8-10-20-32)33-29-30-36-35-22-14-18-28-42(35)54-43(36)31-33/h8-31H,1-7H3. The van der Waals surface area contributed by atoms with E-state index in [9.17, 15) is 0 Å². The first-order chi connectivity index (χ1) is 26.0. The second kappa shape index (κ2) is 11.3. The van der Waals surface area contributed by atoms with E-state index in [1.54, 1.807) is 0 Å². The highest BCUT2D eigenvalue weighted by Gasteiger charge is 2.50. The minimum Gasteiger partial charge on any atom is -0.456 e. The Morgan fingerprint density at radius 2 is 1.02 bits per heavy atom. The molecule has 0 atom stereocenters. The second-order valence-corrected chi connectivity index (χ2v) is 17.3. The smallest absolute Gasteiger partial charge is 0.137 e. The highest BCUT2D eigenvalue weighted by atomic mass is 16.3.